The van der Waals surface area contributed by atoms with Gasteiger partial charge in [-0.05, 0) is 54.6 Å². The molecule has 0 radical (unpaired) electrons. The third kappa shape index (κ3) is 3.88. The van der Waals surface area contributed by atoms with Crippen LogP contribution in [0, 0.1) is 0 Å². The maximum Gasteiger partial charge on any atom is 0.291 e. The molecule has 0 aliphatic rings. The van der Waals surface area contributed by atoms with Crippen LogP contribution < -0.4 is 5.32 Å². The normalized spacial score (nSPS) is 11.3. The zero-order valence-electron chi connectivity index (χ0n) is 12.9. The van der Waals surface area contributed by atoms with E-state index in [-0.39, 0.29) is 26.5 Å². The largest absolute Gasteiger partial charge is 0.439 e. The number of carbonyl (C=O) groups is 1. The molecule has 9 heteroatoms. The number of nitrogens with one attached hydrogen (secondary N) is 1. The van der Waals surface area contributed by atoms with E-state index in [0.29, 0.717) is 10.0 Å². The Kier molecular flexibility index (Phi) is 5.29. The zero-order valence-corrected chi connectivity index (χ0v) is 16.0. The van der Waals surface area contributed by atoms with Gasteiger partial charge in [-0.2, -0.15) is 0 Å². The van der Waals surface area contributed by atoms with Gasteiger partial charge in [0, 0.05) is 10.0 Å². The van der Waals surface area contributed by atoms with Crippen LogP contribution in [0.2, 0.25) is 15.1 Å². The molecule has 0 aliphatic heterocycles. The average Bonchev–Trinajstić information content (AvgIpc) is 3.09. The summed E-state index contributed by atoms with van der Waals surface area (Å²) in [7, 11) is -3.91. The van der Waals surface area contributed by atoms with Crippen LogP contribution in [-0.2, 0) is 9.84 Å². The van der Waals surface area contributed by atoms with Gasteiger partial charge in [-0.15, -0.1) is 0 Å². The number of hydrogen-bond acceptors (Lipinski definition) is 4. The molecule has 134 valence electrons. The van der Waals surface area contributed by atoms with Gasteiger partial charge in [0.15, 0.2) is 5.76 Å². The monoisotopic (exact) mass is 429 g/mol. The summed E-state index contributed by atoms with van der Waals surface area (Å²) in [6, 6.07) is 12.6. The van der Waals surface area contributed by atoms with E-state index in [0.717, 1.165) is 0 Å². The molecule has 1 N–H and O–H groups in total. The minimum atomic E-state index is -3.91. The fourth-order valence-electron chi connectivity index (χ4n) is 2.09. The first-order valence-electron chi connectivity index (χ1n) is 7.14. The summed E-state index contributed by atoms with van der Waals surface area (Å²) in [5.41, 5.74) is 0.280. The van der Waals surface area contributed by atoms with Crippen molar-refractivity contribution >= 4 is 56.2 Å². The fraction of sp³-hybridized carbons (Fsp3) is 0. The van der Waals surface area contributed by atoms with Gasteiger partial charge in [0.1, 0.15) is 0 Å². The number of halogens is 3. The Morgan fingerprint density at radius 2 is 1.54 bits per heavy atom. The van der Waals surface area contributed by atoms with Crippen molar-refractivity contribution in [3.05, 3.63) is 75.4 Å². The molecule has 0 bridgehead atoms. The second kappa shape index (κ2) is 7.32. The van der Waals surface area contributed by atoms with Crippen LogP contribution in [0.15, 0.2) is 69.0 Å². The van der Waals surface area contributed by atoms with Crippen molar-refractivity contribution in [3.63, 3.8) is 0 Å². The van der Waals surface area contributed by atoms with E-state index in [1.165, 1.54) is 48.5 Å². The van der Waals surface area contributed by atoms with E-state index in [4.69, 9.17) is 39.2 Å². The molecule has 3 rings (SSSR count). The van der Waals surface area contributed by atoms with Gasteiger partial charge < -0.3 is 9.73 Å². The highest BCUT2D eigenvalue weighted by atomic mass is 35.5. The molecule has 0 fully saturated rings. The Morgan fingerprint density at radius 1 is 0.885 bits per heavy atom. The average molecular weight is 431 g/mol. The van der Waals surface area contributed by atoms with Crippen molar-refractivity contribution in [2.75, 3.05) is 5.32 Å². The summed E-state index contributed by atoms with van der Waals surface area (Å²) in [6.45, 7) is 0. The van der Waals surface area contributed by atoms with Crippen molar-refractivity contribution in [2.45, 2.75) is 9.99 Å². The number of amides is 1. The Hall–Kier alpha value is -1.99. The molecule has 0 unspecified atom stereocenters. The fourth-order valence-corrected chi connectivity index (χ4v) is 3.73. The lowest BCUT2D eigenvalue weighted by Gasteiger charge is -2.06. The number of carbonyl (C=O) groups excluding carboxylic acids is 1. The number of anilines is 1. The molecule has 0 saturated heterocycles. The maximum atomic E-state index is 12.5. The Bertz CT molecular complexity index is 1080. The summed E-state index contributed by atoms with van der Waals surface area (Å²) in [5, 5.41) is 3.23. The lowest BCUT2D eigenvalue weighted by Crippen LogP contribution is -2.11. The van der Waals surface area contributed by atoms with Gasteiger partial charge >= 0.3 is 0 Å². The third-order valence-electron chi connectivity index (χ3n) is 3.37. The van der Waals surface area contributed by atoms with Crippen molar-refractivity contribution in [1.29, 1.82) is 0 Å². The molecule has 1 heterocycles. The van der Waals surface area contributed by atoms with Crippen LogP contribution >= 0.6 is 34.8 Å². The molecule has 26 heavy (non-hydrogen) atoms. The van der Waals surface area contributed by atoms with E-state index in [1.807, 2.05) is 0 Å². The molecular weight excluding hydrogens is 421 g/mol. The lowest BCUT2D eigenvalue weighted by molar-refractivity contribution is 0.0991. The van der Waals surface area contributed by atoms with Crippen LogP contribution in [0.25, 0.3) is 0 Å². The number of benzene rings is 2. The van der Waals surface area contributed by atoms with Crippen molar-refractivity contribution in [3.8, 4) is 0 Å². The van der Waals surface area contributed by atoms with E-state index >= 15 is 0 Å². The molecule has 5 nitrogen and oxygen atoms in total. The lowest BCUT2D eigenvalue weighted by atomic mass is 10.3. The summed E-state index contributed by atoms with van der Waals surface area (Å²) < 4.78 is 30.3. The zero-order chi connectivity index (χ0) is 18.9. The van der Waals surface area contributed by atoms with Crippen LogP contribution in [0.5, 0.6) is 0 Å². The molecule has 0 spiro atoms. The van der Waals surface area contributed by atoms with Gasteiger partial charge in [-0.1, -0.05) is 34.8 Å². The minimum absolute atomic E-state index is 0.00101. The topological polar surface area (TPSA) is 76.4 Å². The SMILES string of the molecule is O=C(Nc1cc(Cl)ccc1Cl)c1ccc(S(=O)(=O)c2ccc(Cl)cc2)o1. The van der Waals surface area contributed by atoms with Gasteiger partial charge in [0.05, 0.1) is 15.6 Å². The number of sulfone groups is 1. The molecule has 1 aromatic heterocycles. The second-order valence-corrected chi connectivity index (χ2v) is 8.32. The third-order valence-corrected chi connectivity index (χ3v) is 5.83. The van der Waals surface area contributed by atoms with Crippen LogP contribution in [0.1, 0.15) is 10.6 Å². The number of rotatable bonds is 4. The summed E-state index contributed by atoms with van der Waals surface area (Å²) in [4.78, 5) is 12.3. The molecule has 1 amide bonds. The molecule has 2 aromatic carbocycles. The van der Waals surface area contributed by atoms with Gasteiger partial charge in [-0.3, -0.25) is 4.79 Å². The van der Waals surface area contributed by atoms with E-state index in [9.17, 15) is 13.2 Å². The predicted molar refractivity (Wildman–Crippen MR) is 100 cm³/mol. The smallest absolute Gasteiger partial charge is 0.291 e. The van der Waals surface area contributed by atoms with Gasteiger partial charge in [0.2, 0.25) is 14.9 Å². The highest BCUT2D eigenvalue weighted by molar-refractivity contribution is 7.91. The maximum absolute atomic E-state index is 12.5. The van der Waals surface area contributed by atoms with E-state index < -0.39 is 15.7 Å². The Morgan fingerprint density at radius 3 is 2.23 bits per heavy atom. The summed E-state index contributed by atoms with van der Waals surface area (Å²) in [6.07, 6.45) is 0. The predicted octanol–water partition coefficient (Wildman–Crippen LogP) is 5.32. The second-order valence-electron chi connectivity index (χ2n) is 5.15. The van der Waals surface area contributed by atoms with Crippen molar-refractivity contribution in [2.24, 2.45) is 0 Å². The van der Waals surface area contributed by atoms with E-state index in [1.54, 1.807) is 6.07 Å². The van der Waals surface area contributed by atoms with Crippen molar-refractivity contribution < 1.29 is 17.6 Å². The van der Waals surface area contributed by atoms with Gasteiger partial charge in [0.25, 0.3) is 5.91 Å². The van der Waals surface area contributed by atoms with Crippen LogP contribution in [-0.4, -0.2) is 14.3 Å². The molecule has 0 atom stereocenters. The Labute approximate surface area is 164 Å². The van der Waals surface area contributed by atoms with Crippen molar-refractivity contribution in [1.82, 2.24) is 0 Å². The summed E-state index contributed by atoms with van der Waals surface area (Å²) >= 11 is 17.6. The Balaban J connectivity index is 1.86. The first-order chi connectivity index (χ1) is 12.3. The van der Waals surface area contributed by atoms with Crippen LogP contribution in [0.4, 0.5) is 5.69 Å². The quantitative estimate of drug-likeness (QED) is 0.607. The molecule has 0 aliphatic carbocycles. The first-order valence-corrected chi connectivity index (χ1v) is 9.76. The number of furan rings is 1. The van der Waals surface area contributed by atoms with E-state index in [2.05, 4.69) is 5.32 Å². The first kappa shape index (κ1) is 18.8. The molecule has 0 saturated carbocycles. The molecular formula is C17H10Cl3NO4S. The highest BCUT2D eigenvalue weighted by Gasteiger charge is 2.24. The number of hydrogen-bond donors (Lipinski definition) is 1. The molecule has 3 aromatic rings. The summed E-state index contributed by atoms with van der Waals surface area (Å²) in [5.74, 6) is -0.847. The standard InChI is InChI=1S/C17H10Cl3NO4S/c18-10-1-4-12(5-2-10)26(23,24)16-8-7-15(25-16)17(22)21-14-9-11(19)3-6-13(14)20/h1-9H,(H,21,22). The highest BCUT2D eigenvalue weighted by Crippen LogP contribution is 2.27. The van der Waals surface area contributed by atoms with Crippen LogP contribution in [0.3, 0.4) is 0 Å². The van der Waals surface area contributed by atoms with Gasteiger partial charge in [-0.25, -0.2) is 8.42 Å². The minimum Gasteiger partial charge on any atom is -0.439 e.